The molecule has 2 heteroatoms. The maximum Gasteiger partial charge on any atom is 0.136 e. The zero-order valence-electron chi connectivity index (χ0n) is 28.4. The van der Waals surface area contributed by atoms with Crippen LogP contribution in [0.3, 0.4) is 0 Å². The van der Waals surface area contributed by atoms with Gasteiger partial charge < -0.3 is 9.32 Å². The van der Waals surface area contributed by atoms with Crippen molar-refractivity contribution in [1.82, 2.24) is 0 Å². The Kier molecular flexibility index (Phi) is 7.18. The van der Waals surface area contributed by atoms with Crippen molar-refractivity contribution in [2.75, 3.05) is 4.90 Å². The fraction of sp³-hybridized carbons (Fsp3) is 0. The molecule has 0 bridgehead atoms. The van der Waals surface area contributed by atoms with Crippen LogP contribution in [0.25, 0.3) is 76.9 Å². The average molecular weight is 664 g/mol. The normalized spacial score (nSPS) is 11.5. The average Bonchev–Trinajstić information content (AvgIpc) is 3.60. The van der Waals surface area contributed by atoms with Crippen molar-refractivity contribution in [2.24, 2.45) is 0 Å². The van der Waals surface area contributed by atoms with E-state index in [-0.39, 0.29) is 0 Å². The van der Waals surface area contributed by atoms with Crippen LogP contribution in [0.1, 0.15) is 0 Å². The second-order valence-electron chi connectivity index (χ2n) is 13.3. The fourth-order valence-corrected chi connectivity index (χ4v) is 7.78. The van der Waals surface area contributed by atoms with Crippen LogP contribution in [0.5, 0.6) is 0 Å². The van der Waals surface area contributed by atoms with Gasteiger partial charge in [-0.05, 0) is 110 Å². The van der Waals surface area contributed by atoms with Crippen molar-refractivity contribution in [3.05, 3.63) is 200 Å². The van der Waals surface area contributed by atoms with Gasteiger partial charge >= 0.3 is 0 Å². The van der Waals surface area contributed by atoms with E-state index in [4.69, 9.17) is 4.42 Å². The lowest BCUT2D eigenvalue weighted by atomic mass is 9.90. The van der Waals surface area contributed by atoms with E-state index in [1.54, 1.807) is 0 Å². The first-order valence-electron chi connectivity index (χ1n) is 17.8. The number of nitrogens with zero attached hydrogens (tertiary/aromatic N) is 1. The van der Waals surface area contributed by atoms with Gasteiger partial charge in [0.25, 0.3) is 0 Å². The van der Waals surface area contributed by atoms with Crippen LogP contribution in [0, 0.1) is 0 Å². The molecular formula is C50H33NO. The Labute approximate surface area is 302 Å². The molecule has 0 atom stereocenters. The maximum absolute atomic E-state index is 6.40. The van der Waals surface area contributed by atoms with Crippen molar-refractivity contribution < 1.29 is 4.42 Å². The molecule has 1 aromatic heterocycles. The van der Waals surface area contributed by atoms with Crippen LogP contribution in [0.15, 0.2) is 205 Å². The molecule has 52 heavy (non-hydrogen) atoms. The summed E-state index contributed by atoms with van der Waals surface area (Å²) < 4.78 is 6.40. The van der Waals surface area contributed by atoms with Crippen LogP contribution in [0.2, 0.25) is 0 Å². The SMILES string of the molecule is c1ccc(-c2cc(N(c3ccccc3)c3ccc(-c4ccc5c(c4)oc4ccc6ccccc6c45)cc3)ccc2-c2cccc3ccccc23)cc1. The number of para-hydroxylation sites is 1. The lowest BCUT2D eigenvalue weighted by Crippen LogP contribution is -2.10. The van der Waals surface area contributed by atoms with E-state index in [2.05, 4.69) is 205 Å². The highest BCUT2D eigenvalue weighted by Crippen LogP contribution is 2.43. The van der Waals surface area contributed by atoms with Gasteiger partial charge in [0.2, 0.25) is 0 Å². The minimum absolute atomic E-state index is 0.901. The highest BCUT2D eigenvalue weighted by atomic mass is 16.3. The summed E-state index contributed by atoms with van der Waals surface area (Å²) in [5.74, 6) is 0. The molecule has 2 nitrogen and oxygen atoms in total. The molecule has 1 heterocycles. The third-order valence-electron chi connectivity index (χ3n) is 10.3. The molecule has 0 aliphatic heterocycles. The molecule has 0 fully saturated rings. The lowest BCUT2D eigenvalue weighted by molar-refractivity contribution is 0.669. The van der Waals surface area contributed by atoms with Gasteiger partial charge in [-0.3, -0.25) is 0 Å². The van der Waals surface area contributed by atoms with Crippen LogP contribution >= 0.6 is 0 Å². The first-order valence-corrected chi connectivity index (χ1v) is 17.8. The standard InChI is InChI=1S/C50H33NO/c1-3-12-36(13-4-1)47-33-41(28-30-45(47)44-21-11-16-35-14-7-9-19-42(35)44)51(39-17-5-2-6-18-39)40-26-22-34(23-27-40)38-24-29-46-49(32-38)52-48-31-25-37-15-8-10-20-43(37)50(46)48/h1-33H. The van der Waals surface area contributed by atoms with E-state index in [0.29, 0.717) is 0 Å². The Morgan fingerprint density at radius 3 is 1.75 bits per heavy atom. The summed E-state index contributed by atoms with van der Waals surface area (Å²) in [6.07, 6.45) is 0. The van der Waals surface area contributed by atoms with Crippen LogP contribution in [-0.2, 0) is 0 Å². The summed E-state index contributed by atoms with van der Waals surface area (Å²) in [6, 6.07) is 71.7. The number of fused-ring (bicyclic) bond motifs is 6. The Morgan fingerprint density at radius 2 is 0.942 bits per heavy atom. The molecule has 10 aromatic rings. The fourth-order valence-electron chi connectivity index (χ4n) is 7.78. The van der Waals surface area contributed by atoms with E-state index in [0.717, 1.165) is 44.7 Å². The summed E-state index contributed by atoms with van der Waals surface area (Å²) in [5, 5.41) is 7.25. The number of benzene rings is 9. The van der Waals surface area contributed by atoms with Crippen molar-refractivity contribution >= 4 is 60.5 Å². The minimum Gasteiger partial charge on any atom is -0.456 e. The lowest BCUT2D eigenvalue weighted by Gasteiger charge is -2.27. The highest BCUT2D eigenvalue weighted by molar-refractivity contribution is 6.19. The molecule has 0 amide bonds. The van der Waals surface area contributed by atoms with Crippen LogP contribution in [0.4, 0.5) is 17.1 Å². The summed E-state index contributed by atoms with van der Waals surface area (Å²) >= 11 is 0. The Balaban J connectivity index is 1.08. The molecule has 244 valence electrons. The van der Waals surface area contributed by atoms with Gasteiger partial charge in [0.15, 0.2) is 0 Å². The largest absolute Gasteiger partial charge is 0.456 e. The highest BCUT2D eigenvalue weighted by Gasteiger charge is 2.18. The zero-order valence-corrected chi connectivity index (χ0v) is 28.4. The van der Waals surface area contributed by atoms with Gasteiger partial charge in [-0.1, -0.05) is 146 Å². The van der Waals surface area contributed by atoms with E-state index in [1.807, 2.05) is 0 Å². The number of rotatable bonds is 6. The molecule has 0 saturated heterocycles. The van der Waals surface area contributed by atoms with Crippen molar-refractivity contribution in [3.8, 4) is 33.4 Å². The second kappa shape index (κ2) is 12.5. The number of hydrogen-bond donors (Lipinski definition) is 0. The zero-order chi connectivity index (χ0) is 34.4. The van der Waals surface area contributed by atoms with Gasteiger partial charge in [0.1, 0.15) is 11.2 Å². The first kappa shape index (κ1) is 30.0. The summed E-state index contributed by atoms with van der Waals surface area (Å²) in [6.45, 7) is 0. The Morgan fingerprint density at radius 1 is 0.308 bits per heavy atom. The van der Waals surface area contributed by atoms with Crippen LogP contribution < -0.4 is 4.90 Å². The first-order chi connectivity index (χ1) is 25.8. The number of hydrogen-bond acceptors (Lipinski definition) is 2. The molecule has 0 spiro atoms. The number of anilines is 3. The van der Waals surface area contributed by atoms with Gasteiger partial charge in [-0.25, -0.2) is 0 Å². The van der Waals surface area contributed by atoms with Gasteiger partial charge in [-0.15, -0.1) is 0 Å². The Bertz CT molecular complexity index is 2880. The van der Waals surface area contributed by atoms with Gasteiger partial charge in [-0.2, -0.15) is 0 Å². The molecule has 0 unspecified atom stereocenters. The van der Waals surface area contributed by atoms with Gasteiger partial charge in [0, 0.05) is 27.8 Å². The molecule has 0 N–H and O–H groups in total. The maximum atomic E-state index is 6.40. The van der Waals surface area contributed by atoms with Crippen LogP contribution in [-0.4, -0.2) is 0 Å². The summed E-state index contributed by atoms with van der Waals surface area (Å²) in [7, 11) is 0. The summed E-state index contributed by atoms with van der Waals surface area (Å²) in [5.41, 5.74) is 12.2. The molecule has 0 radical (unpaired) electrons. The molecule has 0 aliphatic carbocycles. The van der Waals surface area contributed by atoms with E-state index in [9.17, 15) is 0 Å². The van der Waals surface area contributed by atoms with Crippen molar-refractivity contribution in [1.29, 1.82) is 0 Å². The predicted molar refractivity (Wildman–Crippen MR) is 220 cm³/mol. The smallest absolute Gasteiger partial charge is 0.136 e. The Hall–Kier alpha value is -6.90. The van der Waals surface area contributed by atoms with Crippen molar-refractivity contribution in [3.63, 3.8) is 0 Å². The second-order valence-corrected chi connectivity index (χ2v) is 13.3. The van der Waals surface area contributed by atoms with Crippen molar-refractivity contribution in [2.45, 2.75) is 0 Å². The predicted octanol–water partition coefficient (Wildman–Crippen LogP) is 14.4. The molecule has 10 rings (SSSR count). The number of furan rings is 1. The molecule has 0 saturated carbocycles. The molecular weight excluding hydrogens is 631 g/mol. The molecule has 9 aromatic carbocycles. The third-order valence-corrected chi connectivity index (χ3v) is 10.3. The van der Waals surface area contributed by atoms with E-state index < -0.39 is 0 Å². The monoisotopic (exact) mass is 663 g/mol. The quantitative estimate of drug-likeness (QED) is 0.176. The molecule has 0 aliphatic rings. The third kappa shape index (κ3) is 5.12. The van der Waals surface area contributed by atoms with Gasteiger partial charge in [0.05, 0.1) is 0 Å². The minimum atomic E-state index is 0.901. The van der Waals surface area contributed by atoms with E-state index in [1.165, 1.54) is 49.2 Å². The summed E-state index contributed by atoms with van der Waals surface area (Å²) in [4.78, 5) is 2.34. The topological polar surface area (TPSA) is 16.4 Å². The van der Waals surface area contributed by atoms with E-state index >= 15 is 0 Å².